The SMILES string of the molecule is CC(c1nc(-c2ccccc2)no1)N1CCN(C(=O)C2CCCO2)CC1. The highest BCUT2D eigenvalue weighted by atomic mass is 16.5. The van der Waals surface area contributed by atoms with Gasteiger partial charge < -0.3 is 14.2 Å². The largest absolute Gasteiger partial charge is 0.368 e. The van der Waals surface area contributed by atoms with Crippen molar-refractivity contribution in [3.63, 3.8) is 0 Å². The normalized spacial score (nSPS) is 22.5. The summed E-state index contributed by atoms with van der Waals surface area (Å²) in [5.41, 5.74) is 0.946. The smallest absolute Gasteiger partial charge is 0.251 e. The summed E-state index contributed by atoms with van der Waals surface area (Å²) in [6.07, 6.45) is 1.59. The number of piperazine rings is 1. The minimum atomic E-state index is -0.233. The molecule has 1 amide bonds. The molecule has 26 heavy (non-hydrogen) atoms. The fourth-order valence-corrected chi connectivity index (χ4v) is 3.57. The molecule has 4 rings (SSSR count). The Morgan fingerprint density at radius 2 is 1.96 bits per heavy atom. The Morgan fingerprint density at radius 1 is 1.19 bits per heavy atom. The molecular formula is C19H24N4O3. The van der Waals surface area contributed by atoms with Gasteiger partial charge in [-0.15, -0.1) is 0 Å². The quantitative estimate of drug-likeness (QED) is 0.836. The van der Waals surface area contributed by atoms with Gasteiger partial charge in [-0.1, -0.05) is 35.5 Å². The second kappa shape index (κ2) is 7.55. The molecule has 7 heteroatoms. The van der Waals surface area contributed by atoms with Crippen LogP contribution >= 0.6 is 0 Å². The zero-order valence-electron chi connectivity index (χ0n) is 15.0. The third kappa shape index (κ3) is 3.50. The topological polar surface area (TPSA) is 71.7 Å². The summed E-state index contributed by atoms with van der Waals surface area (Å²) < 4.78 is 11.0. The lowest BCUT2D eigenvalue weighted by Gasteiger charge is -2.37. The molecule has 2 unspecified atom stereocenters. The van der Waals surface area contributed by atoms with Gasteiger partial charge in [0.05, 0.1) is 6.04 Å². The molecule has 0 radical (unpaired) electrons. The molecule has 1 aromatic carbocycles. The van der Waals surface area contributed by atoms with Gasteiger partial charge in [-0.05, 0) is 19.8 Å². The second-order valence-electron chi connectivity index (χ2n) is 6.86. The van der Waals surface area contributed by atoms with E-state index in [0.717, 1.165) is 31.5 Å². The van der Waals surface area contributed by atoms with Crippen LogP contribution in [0.15, 0.2) is 34.9 Å². The van der Waals surface area contributed by atoms with E-state index in [1.165, 1.54) is 0 Å². The van der Waals surface area contributed by atoms with E-state index in [1.807, 2.05) is 35.2 Å². The second-order valence-corrected chi connectivity index (χ2v) is 6.86. The summed E-state index contributed by atoms with van der Waals surface area (Å²) >= 11 is 0. The van der Waals surface area contributed by atoms with Crippen LogP contribution in [0.2, 0.25) is 0 Å². The summed E-state index contributed by atoms with van der Waals surface area (Å²) in [6.45, 7) is 5.78. The summed E-state index contributed by atoms with van der Waals surface area (Å²) in [5.74, 6) is 1.36. The minimum Gasteiger partial charge on any atom is -0.368 e. The molecule has 2 aromatic rings. The summed E-state index contributed by atoms with van der Waals surface area (Å²) in [7, 11) is 0. The van der Waals surface area contributed by atoms with Crippen LogP contribution in [0.1, 0.15) is 31.7 Å². The molecule has 0 aliphatic carbocycles. The van der Waals surface area contributed by atoms with E-state index >= 15 is 0 Å². The number of carbonyl (C=O) groups is 1. The lowest BCUT2D eigenvalue weighted by atomic mass is 10.1. The van der Waals surface area contributed by atoms with Gasteiger partial charge >= 0.3 is 0 Å². The van der Waals surface area contributed by atoms with Crippen molar-refractivity contribution >= 4 is 5.91 Å². The third-order valence-corrected chi connectivity index (χ3v) is 5.21. The van der Waals surface area contributed by atoms with Gasteiger partial charge in [0.25, 0.3) is 5.91 Å². The standard InChI is InChI=1S/C19H24N4O3/c1-14(18-20-17(21-26-18)15-6-3-2-4-7-15)22-9-11-23(12-10-22)19(24)16-8-5-13-25-16/h2-4,6-7,14,16H,5,8-13H2,1H3. The van der Waals surface area contributed by atoms with Gasteiger partial charge in [0.1, 0.15) is 6.10 Å². The van der Waals surface area contributed by atoms with Gasteiger partial charge in [0.2, 0.25) is 11.7 Å². The minimum absolute atomic E-state index is 0.0277. The number of amides is 1. The van der Waals surface area contributed by atoms with Crippen LogP contribution in [0.5, 0.6) is 0 Å². The molecular weight excluding hydrogens is 332 g/mol. The molecule has 0 N–H and O–H groups in total. The highest BCUT2D eigenvalue weighted by Gasteiger charge is 2.32. The number of carbonyl (C=O) groups excluding carboxylic acids is 1. The first-order valence-corrected chi connectivity index (χ1v) is 9.26. The highest BCUT2D eigenvalue weighted by molar-refractivity contribution is 5.81. The molecule has 2 aliphatic rings. The number of ether oxygens (including phenoxy) is 1. The molecule has 7 nitrogen and oxygen atoms in total. The van der Waals surface area contributed by atoms with Crippen molar-refractivity contribution in [2.75, 3.05) is 32.8 Å². The first-order chi connectivity index (χ1) is 12.7. The molecule has 1 aromatic heterocycles. The number of hydrogen-bond acceptors (Lipinski definition) is 6. The Kier molecular flexibility index (Phi) is 4.99. The van der Waals surface area contributed by atoms with Crippen LogP contribution in [0.3, 0.4) is 0 Å². The Balaban J connectivity index is 1.36. The van der Waals surface area contributed by atoms with E-state index < -0.39 is 0 Å². The van der Waals surface area contributed by atoms with Crippen LogP contribution in [0.25, 0.3) is 11.4 Å². The lowest BCUT2D eigenvalue weighted by Crippen LogP contribution is -2.51. The zero-order valence-corrected chi connectivity index (χ0v) is 15.0. The van der Waals surface area contributed by atoms with Crippen LogP contribution in [-0.4, -0.2) is 64.7 Å². The Labute approximate surface area is 152 Å². The molecule has 2 saturated heterocycles. The molecule has 2 aliphatic heterocycles. The van der Waals surface area contributed by atoms with E-state index in [-0.39, 0.29) is 18.1 Å². The number of hydrogen-bond donors (Lipinski definition) is 0. The Morgan fingerprint density at radius 3 is 2.65 bits per heavy atom. The van der Waals surface area contributed by atoms with Crippen molar-refractivity contribution in [1.29, 1.82) is 0 Å². The van der Waals surface area contributed by atoms with Crippen molar-refractivity contribution < 1.29 is 14.1 Å². The number of aromatic nitrogens is 2. The molecule has 0 bridgehead atoms. The van der Waals surface area contributed by atoms with Crippen LogP contribution in [0, 0.1) is 0 Å². The van der Waals surface area contributed by atoms with Crippen molar-refractivity contribution in [3.8, 4) is 11.4 Å². The molecule has 138 valence electrons. The maximum atomic E-state index is 12.4. The monoisotopic (exact) mass is 356 g/mol. The van der Waals surface area contributed by atoms with Crippen LogP contribution in [-0.2, 0) is 9.53 Å². The first kappa shape index (κ1) is 17.2. The van der Waals surface area contributed by atoms with Gasteiger partial charge in [0, 0.05) is 38.3 Å². The number of nitrogens with zero attached hydrogens (tertiary/aromatic N) is 4. The highest BCUT2D eigenvalue weighted by Crippen LogP contribution is 2.24. The first-order valence-electron chi connectivity index (χ1n) is 9.26. The summed E-state index contributed by atoms with van der Waals surface area (Å²) in [6, 6.07) is 9.84. The van der Waals surface area contributed by atoms with E-state index in [9.17, 15) is 4.79 Å². The number of benzene rings is 1. The Hall–Kier alpha value is -2.25. The summed E-state index contributed by atoms with van der Waals surface area (Å²) in [4.78, 5) is 21.2. The van der Waals surface area contributed by atoms with E-state index in [1.54, 1.807) is 0 Å². The number of rotatable bonds is 4. The van der Waals surface area contributed by atoms with Gasteiger partial charge in [-0.2, -0.15) is 4.98 Å². The molecule has 2 atom stereocenters. The maximum absolute atomic E-state index is 12.4. The van der Waals surface area contributed by atoms with Crippen molar-refractivity contribution in [1.82, 2.24) is 19.9 Å². The molecule has 0 spiro atoms. The zero-order chi connectivity index (χ0) is 17.9. The Bertz CT molecular complexity index is 734. The predicted octanol–water partition coefficient (Wildman–Crippen LogP) is 2.12. The maximum Gasteiger partial charge on any atom is 0.251 e. The average Bonchev–Trinajstić information content (AvgIpc) is 3.40. The fourth-order valence-electron chi connectivity index (χ4n) is 3.57. The predicted molar refractivity (Wildman–Crippen MR) is 95.3 cm³/mol. The van der Waals surface area contributed by atoms with E-state index in [4.69, 9.17) is 9.26 Å². The van der Waals surface area contributed by atoms with Gasteiger partial charge in [0.15, 0.2) is 0 Å². The average molecular weight is 356 g/mol. The third-order valence-electron chi connectivity index (χ3n) is 5.21. The molecule has 0 saturated carbocycles. The molecule has 3 heterocycles. The van der Waals surface area contributed by atoms with E-state index in [0.29, 0.717) is 31.4 Å². The van der Waals surface area contributed by atoms with Gasteiger partial charge in [-0.3, -0.25) is 9.69 Å². The van der Waals surface area contributed by atoms with Crippen LogP contribution in [0.4, 0.5) is 0 Å². The lowest BCUT2D eigenvalue weighted by molar-refractivity contribution is -0.143. The fraction of sp³-hybridized carbons (Fsp3) is 0.526. The van der Waals surface area contributed by atoms with Crippen molar-refractivity contribution in [2.45, 2.75) is 31.9 Å². The summed E-state index contributed by atoms with van der Waals surface area (Å²) in [5, 5.41) is 4.10. The van der Waals surface area contributed by atoms with E-state index in [2.05, 4.69) is 22.0 Å². The van der Waals surface area contributed by atoms with Crippen molar-refractivity contribution in [2.24, 2.45) is 0 Å². The van der Waals surface area contributed by atoms with Crippen LogP contribution < -0.4 is 0 Å². The van der Waals surface area contributed by atoms with Crippen molar-refractivity contribution in [3.05, 3.63) is 36.2 Å². The van der Waals surface area contributed by atoms with Gasteiger partial charge in [-0.25, -0.2) is 0 Å². The molecule has 2 fully saturated rings.